The topological polar surface area (TPSA) is 86.3 Å². The van der Waals surface area contributed by atoms with Crippen molar-refractivity contribution < 1.29 is 4.79 Å². The van der Waals surface area contributed by atoms with Crippen LogP contribution in [-0.2, 0) is 17.6 Å². The lowest BCUT2D eigenvalue weighted by Gasteiger charge is -2.32. The number of halogens is 1. The number of nitrogens with one attached hydrogen (secondary N) is 2. The number of anilines is 3. The minimum atomic E-state index is -0.112. The molecule has 0 atom stereocenters. The standard InChI is InChI=1S/C24H26ClN7O/c1-31-6-8-32(9-7-31)5-4-16-10-19(15-26-13-16)28-24-27-14-17-11-22(33)29-21-12-18(25)2-3-20(21)23(17)30-24/h2-3,10,12-15H,4-9,11H2,1H3,(H,29,33)(H,27,28,30). The van der Waals surface area contributed by atoms with Crippen LogP contribution in [-0.4, -0.2) is 70.4 Å². The zero-order chi connectivity index (χ0) is 22.8. The molecule has 5 rings (SSSR count). The third-order valence-electron chi connectivity index (χ3n) is 6.09. The van der Waals surface area contributed by atoms with Crippen molar-refractivity contribution in [2.45, 2.75) is 12.8 Å². The van der Waals surface area contributed by atoms with Gasteiger partial charge < -0.3 is 20.4 Å². The van der Waals surface area contributed by atoms with Crippen LogP contribution in [0.5, 0.6) is 0 Å². The Kier molecular flexibility index (Phi) is 6.22. The van der Waals surface area contributed by atoms with Gasteiger partial charge in [0.05, 0.1) is 29.7 Å². The molecule has 2 aliphatic heterocycles. The summed E-state index contributed by atoms with van der Waals surface area (Å²) >= 11 is 6.13. The van der Waals surface area contributed by atoms with Gasteiger partial charge in [-0.25, -0.2) is 9.97 Å². The molecule has 1 saturated heterocycles. The Morgan fingerprint density at radius 1 is 1.12 bits per heavy atom. The molecular formula is C24H26ClN7O. The van der Waals surface area contributed by atoms with Gasteiger partial charge in [0.25, 0.3) is 0 Å². The van der Waals surface area contributed by atoms with E-state index in [2.05, 4.69) is 43.5 Å². The second kappa shape index (κ2) is 9.43. The minimum Gasteiger partial charge on any atom is -0.325 e. The van der Waals surface area contributed by atoms with Crippen molar-refractivity contribution in [1.82, 2.24) is 24.8 Å². The molecule has 0 aliphatic carbocycles. The van der Waals surface area contributed by atoms with Gasteiger partial charge in [-0.3, -0.25) is 9.78 Å². The third-order valence-corrected chi connectivity index (χ3v) is 6.33. The molecule has 1 fully saturated rings. The van der Waals surface area contributed by atoms with Gasteiger partial charge in [-0.2, -0.15) is 0 Å². The molecule has 0 unspecified atom stereocenters. The van der Waals surface area contributed by atoms with E-state index in [1.807, 2.05) is 12.3 Å². The molecule has 1 aromatic carbocycles. The van der Waals surface area contributed by atoms with Crippen LogP contribution in [0.15, 0.2) is 42.9 Å². The number of likely N-dealkylation sites (N-methyl/N-ethyl adjacent to an activating group) is 1. The van der Waals surface area contributed by atoms with Crippen molar-refractivity contribution in [3.63, 3.8) is 0 Å². The van der Waals surface area contributed by atoms with Gasteiger partial charge in [-0.05, 0) is 43.3 Å². The predicted molar refractivity (Wildman–Crippen MR) is 130 cm³/mol. The van der Waals surface area contributed by atoms with Crippen LogP contribution in [0.3, 0.4) is 0 Å². The lowest BCUT2D eigenvalue weighted by atomic mass is 10.1. The van der Waals surface area contributed by atoms with E-state index < -0.39 is 0 Å². The summed E-state index contributed by atoms with van der Waals surface area (Å²) in [5.74, 6) is 0.348. The number of rotatable bonds is 5. The van der Waals surface area contributed by atoms with E-state index in [4.69, 9.17) is 16.6 Å². The van der Waals surface area contributed by atoms with Gasteiger partial charge in [-0.15, -0.1) is 0 Å². The Balaban J connectivity index is 1.33. The molecule has 3 aromatic rings. The van der Waals surface area contributed by atoms with E-state index in [0.29, 0.717) is 16.7 Å². The summed E-state index contributed by atoms with van der Waals surface area (Å²) in [6.45, 7) is 5.47. The zero-order valence-corrected chi connectivity index (χ0v) is 19.3. The Hall–Kier alpha value is -3.07. The van der Waals surface area contributed by atoms with Crippen molar-refractivity contribution in [2.24, 2.45) is 0 Å². The van der Waals surface area contributed by atoms with E-state index in [-0.39, 0.29) is 12.3 Å². The smallest absolute Gasteiger partial charge is 0.228 e. The average Bonchev–Trinajstić information content (AvgIpc) is 2.93. The summed E-state index contributed by atoms with van der Waals surface area (Å²) in [5, 5.41) is 6.74. The number of pyridine rings is 1. The summed E-state index contributed by atoms with van der Waals surface area (Å²) in [7, 11) is 2.17. The molecule has 2 aromatic heterocycles. The number of carbonyl (C=O) groups is 1. The fourth-order valence-electron chi connectivity index (χ4n) is 4.20. The second-order valence-electron chi connectivity index (χ2n) is 8.58. The first kappa shape index (κ1) is 21.8. The van der Waals surface area contributed by atoms with Crippen LogP contribution < -0.4 is 10.6 Å². The molecular weight excluding hydrogens is 438 g/mol. The Morgan fingerprint density at radius 2 is 1.97 bits per heavy atom. The number of nitrogens with zero attached hydrogens (tertiary/aromatic N) is 5. The van der Waals surface area contributed by atoms with Gasteiger partial charge in [-0.1, -0.05) is 11.6 Å². The lowest BCUT2D eigenvalue weighted by molar-refractivity contribution is -0.115. The Labute approximate surface area is 198 Å². The summed E-state index contributed by atoms with van der Waals surface area (Å²) in [5.41, 5.74) is 4.98. The van der Waals surface area contributed by atoms with E-state index >= 15 is 0 Å². The zero-order valence-electron chi connectivity index (χ0n) is 18.5. The average molecular weight is 464 g/mol. The first-order chi connectivity index (χ1) is 16.0. The normalized spacial score (nSPS) is 16.5. The highest BCUT2D eigenvalue weighted by atomic mass is 35.5. The van der Waals surface area contributed by atoms with E-state index in [1.165, 1.54) is 5.56 Å². The molecule has 0 spiro atoms. The number of hydrogen-bond donors (Lipinski definition) is 2. The van der Waals surface area contributed by atoms with Crippen LogP contribution in [0.4, 0.5) is 17.3 Å². The van der Waals surface area contributed by atoms with Crippen molar-refractivity contribution in [2.75, 3.05) is 50.4 Å². The van der Waals surface area contributed by atoms with Crippen LogP contribution in [0, 0.1) is 0 Å². The predicted octanol–water partition coefficient (Wildman–Crippen LogP) is 3.22. The highest BCUT2D eigenvalue weighted by molar-refractivity contribution is 6.31. The van der Waals surface area contributed by atoms with Crippen LogP contribution in [0.25, 0.3) is 11.3 Å². The maximum Gasteiger partial charge on any atom is 0.228 e. The molecule has 0 radical (unpaired) electrons. The van der Waals surface area contributed by atoms with E-state index in [9.17, 15) is 4.79 Å². The molecule has 33 heavy (non-hydrogen) atoms. The molecule has 170 valence electrons. The lowest BCUT2D eigenvalue weighted by Crippen LogP contribution is -2.45. The largest absolute Gasteiger partial charge is 0.325 e. The highest BCUT2D eigenvalue weighted by Gasteiger charge is 2.21. The van der Waals surface area contributed by atoms with Gasteiger partial charge in [0.15, 0.2) is 0 Å². The summed E-state index contributed by atoms with van der Waals surface area (Å²) < 4.78 is 0. The van der Waals surface area contributed by atoms with Gasteiger partial charge in [0.1, 0.15) is 0 Å². The fourth-order valence-corrected chi connectivity index (χ4v) is 4.38. The maximum absolute atomic E-state index is 12.3. The number of amides is 1. The Morgan fingerprint density at radius 3 is 2.82 bits per heavy atom. The SMILES string of the molecule is CN1CCN(CCc2cncc(Nc3ncc4c(n3)-c3ccc(Cl)cc3NC(=O)C4)c2)CC1. The maximum atomic E-state index is 12.3. The highest BCUT2D eigenvalue weighted by Crippen LogP contribution is 2.34. The molecule has 8 nitrogen and oxygen atoms in total. The first-order valence-corrected chi connectivity index (χ1v) is 11.5. The number of fused-ring (bicyclic) bond motifs is 3. The van der Waals surface area contributed by atoms with E-state index in [0.717, 1.165) is 61.7 Å². The quantitative estimate of drug-likeness (QED) is 0.600. The summed E-state index contributed by atoms with van der Waals surface area (Å²) in [4.78, 5) is 30.7. The molecule has 1 amide bonds. The summed E-state index contributed by atoms with van der Waals surface area (Å²) in [6, 6.07) is 7.51. The monoisotopic (exact) mass is 463 g/mol. The number of hydrogen-bond acceptors (Lipinski definition) is 7. The van der Waals surface area contributed by atoms with Crippen LogP contribution in [0.2, 0.25) is 5.02 Å². The van der Waals surface area contributed by atoms with Crippen LogP contribution in [0.1, 0.15) is 11.1 Å². The van der Waals surface area contributed by atoms with Gasteiger partial charge in [0, 0.05) is 61.3 Å². The molecule has 2 aliphatic rings. The first-order valence-electron chi connectivity index (χ1n) is 11.1. The van der Waals surface area contributed by atoms with E-state index in [1.54, 1.807) is 24.5 Å². The van der Waals surface area contributed by atoms with Crippen molar-refractivity contribution in [3.8, 4) is 11.3 Å². The van der Waals surface area contributed by atoms with Crippen molar-refractivity contribution >= 4 is 34.8 Å². The molecule has 4 heterocycles. The summed E-state index contributed by atoms with van der Waals surface area (Å²) in [6.07, 6.45) is 6.55. The van der Waals surface area contributed by atoms with Crippen molar-refractivity contribution in [3.05, 3.63) is 59.0 Å². The van der Waals surface area contributed by atoms with Crippen LogP contribution >= 0.6 is 11.6 Å². The molecule has 2 N–H and O–H groups in total. The molecule has 0 saturated carbocycles. The van der Waals surface area contributed by atoms with Gasteiger partial charge >= 0.3 is 0 Å². The number of benzene rings is 1. The molecule has 0 bridgehead atoms. The minimum absolute atomic E-state index is 0.112. The molecule has 9 heteroatoms. The number of aromatic nitrogens is 3. The fraction of sp³-hybridized carbons (Fsp3) is 0.333. The van der Waals surface area contributed by atoms with Gasteiger partial charge in [0.2, 0.25) is 11.9 Å². The number of carbonyl (C=O) groups excluding carboxylic acids is 1. The van der Waals surface area contributed by atoms with Crippen molar-refractivity contribution in [1.29, 1.82) is 0 Å². The Bertz CT molecular complexity index is 1180. The number of piperazine rings is 1. The second-order valence-corrected chi connectivity index (χ2v) is 9.02. The third kappa shape index (κ3) is 5.13.